The van der Waals surface area contributed by atoms with Crippen molar-refractivity contribution in [1.82, 2.24) is 5.32 Å². The third-order valence-electron chi connectivity index (χ3n) is 5.53. The molecule has 0 radical (unpaired) electrons. The Morgan fingerprint density at radius 3 is 2.95 bits per heavy atom. The van der Waals surface area contributed by atoms with Crippen LogP contribution in [0.25, 0.3) is 0 Å². The third-order valence-corrected chi connectivity index (χ3v) is 5.53. The van der Waals surface area contributed by atoms with Crippen molar-refractivity contribution in [2.24, 2.45) is 11.8 Å². The number of anilines is 1. The molecule has 3 atom stereocenters. The number of nitrogens with one attached hydrogen (secondary N) is 1. The molecule has 0 bridgehead atoms. The fraction of sp³-hybridized carbons (Fsp3) is 0.667. The quantitative estimate of drug-likeness (QED) is 0.911. The van der Waals surface area contributed by atoms with E-state index in [4.69, 9.17) is 0 Å². The maximum Gasteiger partial charge on any atom is 0.125 e. The lowest BCUT2D eigenvalue weighted by molar-refractivity contribution is 0.209. The van der Waals surface area contributed by atoms with Crippen molar-refractivity contribution in [3.8, 4) is 0 Å². The van der Waals surface area contributed by atoms with E-state index in [0.29, 0.717) is 12.0 Å². The highest BCUT2D eigenvalue weighted by atomic mass is 19.1. The fourth-order valence-electron chi connectivity index (χ4n) is 4.21. The summed E-state index contributed by atoms with van der Waals surface area (Å²) >= 11 is 0. The molecule has 1 aliphatic carbocycles. The highest BCUT2D eigenvalue weighted by molar-refractivity contribution is 5.58. The molecule has 0 saturated heterocycles. The molecule has 1 N–H and O–H groups in total. The monoisotopic (exact) mass is 290 g/mol. The molecule has 1 aliphatic heterocycles. The van der Waals surface area contributed by atoms with Gasteiger partial charge in [-0.2, -0.15) is 0 Å². The molecule has 1 heterocycles. The zero-order valence-electron chi connectivity index (χ0n) is 13.2. The first-order valence-electron chi connectivity index (χ1n) is 8.42. The van der Waals surface area contributed by atoms with Gasteiger partial charge in [-0.05, 0) is 62.3 Å². The predicted octanol–water partition coefficient (Wildman–Crippen LogP) is 3.60. The van der Waals surface area contributed by atoms with Crippen LogP contribution in [0.4, 0.5) is 10.1 Å². The van der Waals surface area contributed by atoms with Gasteiger partial charge in [0.1, 0.15) is 5.82 Å². The van der Waals surface area contributed by atoms with Crippen LogP contribution >= 0.6 is 0 Å². The summed E-state index contributed by atoms with van der Waals surface area (Å²) in [7, 11) is 2.08. The number of hydrogen-bond acceptors (Lipinski definition) is 2. The molecule has 21 heavy (non-hydrogen) atoms. The zero-order chi connectivity index (χ0) is 14.8. The van der Waals surface area contributed by atoms with Crippen LogP contribution < -0.4 is 10.2 Å². The van der Waals surface area contributed by atoms with E-state index in [-0.39, 0.29) is 5.82 Å². The van der Waals surface area contributed by atoms with E-state index < -0.39 is 0 Å². The van der Waals surface area contributed by atoms with Crippen molar-refractivity contribution in [2.45, 2.75) is 45.1 Å². The van der Waals surface area contributed by atoms with Gasteiger partial charge < -0.3 is 10.2 Å². The van der Waals surface area contributed by atoms with E-state index in [1.54, 1.807) is 12.1 Å². The van der Waals surface area contributed by atoms with Crippen molar-refractivity contribution >= 4 is 5.69 Å². The highest BCUT2D eigenvalue weighted by Gasteiger charge is 2.31. The number of rotatable bonds is 4. The van der Waals surface area contributed by atoms with Gasteiger partial charge in [-0.25, -0.2) is 4.39 Å². The summed E-state index contributed by atoms with van der Waals surface area (Å²) in [5, 5.41) is 3.51. The summed E-state index contributed by atoms with van der Waals surface area (Å²) in [6.45, 7) is 4.42. The Bertz CT molecular complexity index is 488. The van der Waals surface area contributed by atoms with Crippen molar-refractivity contribution in [2.75, 3.05) is 25.0 Å². The molecule has 1 saturated carbocycles. The Kier molecular flexibility index (Phi) is 4.48. The van der Waals surface area contributed by atoms with E-state index in [2.05, 4.69) is 24.2 Å². The molecule has 1 aromatic rings. The van der Waals surface area contributed by atoms with E-state index in [9.17, 15) is 4.39 Å². The predicted molar refractivity (Wildman–Crippen MR) is 86.3 cm³/mol. The molecule has 3 unspecified atom stereocenters. The number of benzene rings is 1. The van der Waals surface area contributed by atoms with Gasteiger partial charge in [-0.1, -0.05) is 19.4 Å². The Balaban J connectivity index is 1.72. The molecule has 0 amide bonds. The Morgan fingerprint density at radius 1 is 1.33 bits per heavy atom. The number of hydrogen-bond donors (Lipinski definition) is 1. The first kappa shape index (κ1) is 14.8. The maximum absolute atomic E-state index is 13.5. The second-order valence-corrected chi connectivity index (χ2v) is 6.71. The lowest BCUT2D eigenvalue weighted by Gasteiger charge is -2.38. The second kappa shape index (κ2) is 6.35. The molecular weight excluding hydrogens is 263 g/mol. The molecule has 1 fully saturated rings. The van der Waals surface area contributed by atoms with Crippen molar-refractivity contribution < 1.29 is 4.39 Å². The van der Waals surface area contributed by atoms with Gasteiger partial charge in [-0.15, -0.1) is 0 Å². The highest BCUT2D eigenvalue weighted by Crippen LogP contribution is 2.35. The smallest absolute Gasteiger partial charge is 0.125 e. The largest absolute Gasteiger partial charge is 0.371 e. The van der Waals surface area contributed by atoms with E-state index in [0.717, 1.165) is 31.1 Å². The number of halogens is 1. The van der Waals surface area contributed by atoms with Crippen molar-refractivity contribution in [3.05, 3.63) is 29.6 Å². The molecule has 2 nitrogen and oxygen atoms in total. The molecular formula is C18H27FN2. The summed E-state index contributed by atoms with van der Waals surface area (Å²) in [4.78, 5) is 2.41. The van der Waals surface area contributed by atoms with E-state index >= 15 is 0 Å². The van der Waals surface area contributed by atoms with Gasteiger partial charge in [0, 0.05) is 24.8 Å². The fourth-order valence-corrected chi connectivity index (χ4v) is 4.21. The van der Waals surface area contributed by atoms with Crippen molar-refractivity contribution in [3.63, 3.8) is 0 Å². The Hall–Kier alpha value is -1.09. The maximum atomic E-state index is 13.5. The average molecular weight is 290 g/mol. The van der Waals surface area contributed by atoms with Gasteiger partial charge in [0.2, 0.25) is 0 Å². The van der Waals surface area contributed by atoms with Crippen LogP contribution in [0.1, 0.15) is 38.2 Å². The normalized spacial score (nSPS) is 28.7. The van der Waals surface area contributed by atoms with E-state index in [1.807, 2.05) is 6.07 Å². The van der Waals surface area contributed by atoms with Crippen LogP contribution in [0, 0.1) is 17.7 Å². The molecule has 0 spiro atoms. The second-order valence-electron chi connectivity index (χ2n) is 6.71. The Morgan fingerprint density at radius 2 is 2.19 bits per heavy atom. The molecule has 116 valence electrons. The van der Waals surface area contributed by atoms with Gasteiger partial charge in [0.15, 0.2) is 0 Å². The average Bonchev–Trinajstić information content (AvgIpc) is 2.89. The minimum atomic E-state index is -0.110. The molecule has 1 aromatic carbocycles. The molecule has 3 heteroatoms. The standard InChI is InChI=1S/C18H27FN2/c1-3-13-4-7-17(20-2)15(10-13)12-21-9-8-14-5-6-16(19)11-18(14)21/h5-6,11,13,15,17,20H,3-4,7-10,12H2,1-2H3. The summed E-state index contributed by atoms with van der Waals surface area (Å²) in [5.41, 5.74) is 2.43. The first-order valence-corrected chi connectivity index (χ1v) is 8.42. The minimum Gasteiger partial charge on any atom is -0.371 e. The van der Waals surface area contributed by atoms with Gasteiger partial charge >= 0.3 is 0 Å². The summed E-state index contributed by atoms with van der Waals surface area (Å²) in [6.07, 6.45) is 6.29. The molecule has 2 aliphatic rings. The lowest BCUT2D eigenvalue weighted by Crippen LogP contribution is -2.44. The van der Waals surface area contributed by atoms with Crippen LogP contribution in [0.5, 0.6) is 0 Å². The van der Waals surface area contributed by atoms with Crippen LogP contribution in [-0.2, 0) is 6.42 Å². The van der Waals surface area contributed by atoms with Crippen LogP contribution in [-0.4, -0.2) is 26.2 Å². The van der Waals surface area contributed by atoms with Gasteiger partial charge in [0.25, 0.3) is 0 Å². The Labute approximate surface area is 127 Å². The molecule has 3 rings (SSSR count). The SMILES string of the molecule is CCC1CCC(NC)C(CN2CCc3ccc(F)cc32)C1. The van der Waals surface area contributed by atoms with Gasteiger partial charge in [-0.3, -0.25) is 0 Å². The van der Waals surface area contributed by atoms with Gasteiger partial charge in [0.05, 0.1) is 0 Å². The lowest BCUT2D eigenvalue weighted by atomic mass is 9.76. The first-order chi connectivity index (χ1) is 10.2. The summed E-state index contributed by atoms with van der Waals surface area (Å²) in [5.74, 6) is 1.44. The topological polar surface area (TPSA) is 15.3 Å². The van der Waals surface area contributed by atoms with Crippen LogP contribution in [0.3, 0.4) is 0 Å². The van der Waals surface area contributed by atoms with Crippen LogP contribution in [0.2, 0.25) is 0 Å². The number of nitrogens with zero attached hydrogens (tertiary/aromatic N) is 1. The zero-order valence-corrected chi connectivity index (χ0v) is 13.2. The van der Waals surface area contributed by atoms with Crippen molar-refractivity contribution in [1.29, 1.82) is 0 Å². The third kappa shape index (κ3) is 3.08. The van der Waals surface area contributed by atoms with E-state index in [1.165, 1.54) is 31.2 Å². The minimum absolute atomic E-state index is 0.110. The summed E-state index contributed by atoms with van der Waals surface area (Å²) < 4.78 is 13.5. The summed E-state index contributed by atoms with van der Waals surface area (Å²) in [6, 6.07) is 5.88. The van der Waals surface area contributed by atoms with Crippen LogP contribution in [0.15, 0.2) is 18.2 Å². The number of fused-ring (bicyclic) bond motifs is 1. The molecule has 0 aromatic heterocycles.